The highest BCUT2D eigenvalue weighted by molar-refractivity contribution is 6.23. The van der Waals surface area contributed by atoms with Gasteiger partial charge in [-0.1, -0.05) is 0 Å². The first-order chi connectivity index (χ1) is 26.6. The first-order valence-electron chi connectivity index (χ1n) is 18.6. The van der Waals surface area contributed by atoms with E-state index in [2.05, 4.69) is 15.1 Å². The van der Waals surface area contributed by atoms with Crippen molar-refractivity contribution in [3.63, 3.8) is 0 Å². The van der Waals surface area contributed by atoms with Crippen molar-refractivity contribution >= 4 is 41.0 Å². The normalized spacial score (nSPS) is 20.2. The predicted octanol–water partition coefficient (Wildman–Crippen LogP) is 4.42. The summed E-state index contributed by atoms with van der Waals surface area (Å²) in [6, 6.07) is 6.99. The first-order valence-corrected chi connectivity index (χ1v) is 18.6. The maximum absolute atomic E-state index is 15.0. The number of hydrogen-bond acceptors (Lipinski definition) is 9. The molecule has 5 aliphatic heterocycles. The van der Waals surface area contributed by atoms with Gasteiger partial charge in [-0.25, -0.2) is 13.5 Å². The summed E-state index contributed by atoms with van der Waals surface area (Å²) in [5.74, 6) is -1.76. The molecule has 7 heterocycles. The van der Waals surface area contributed by atoms with Crippen LogP contribution < -0.4 is 10.2 Å². The monoisotopic (exact) mass is 752 g/mol. The van der Waals surface area contributed by atoms with E-state index in [-0.39, 0.29) is 41.5 Å². The third-order valence-corrected chi connectivity index (χ3v) is 11.5. The van der Waals surface area contributed by atoms with E-state index < -0.39 is 36.1 Å². The fourth-order valence-electron chi connectivity index (χ4n) is 8.65. The minimum absolute atomic E-state index is 0.00923. The lowest BCUT2D eigenvalue weighted by atomic mass is 9.92. The maximum atomic E-state index is 15.0. The van der Waals surface area contributed by atoms with Gasteiger partial charge >= 0.3 is 0 Å². The van der Waals surface area contributed by atoms with Crippen LogP contribution >= 0.6 is 0 Å². The number of anilines is 2. The number of amides is 5. The molecule has 0 spiro atoms. The van der Waals surface area contributed by atoms with Crippen LogP contribution in [0.4, 0.5) is 20.3 Å². The molecule has 2 fully saturated rings. The van der Waals surface area contributed by atoms with Crippen molar-refractivity contribution in [3.05, 3.63) is 76.2 Å². The van der Waals surface area contributed by atoms with Crippen molar-refractivity contribution in [1.29, 1.82) is 0 Å². The minimum atomic E-state index is -2.81. The Morgan fingerprint density at radius 2 is 1.75 bits per heavy atom. The van der Waals surface area contributed by atoms with E-state index in [1.807, 2.05) is 4.90 Å². The van der Waals surface area contributed by atoms with Crippen molar-refractivity contribution in [2.45, 2.75) is 76.9 Å². The highest BCUT2D eigenvalue weighted by Crippen LogP contribution is 2.44. The molecule has 16 heteroatoms. The number of carbonyl (C=O) groups is 5. The topological polar surface area (TPSA) is 152 Å². The molecule has 2 aromatic heterocycles. The number of aryl methyl sites for hydroxylation is 1. The number of hydrogen-bond donors (Lipinski definition) is 1. The number of rotatable bonds is 6. The number of carbonyl (C=O) groups excluding carboxylic acids is 5. The molecule has 2 aromatic carbocycles. The lowest BCUT2D eigenvalue weighted by molar-refractivity contribution is -0.136. The molecule has 2 saturated heterocycles. The van der Waals surface area contributed by atoms with E-state index in [9.17, 15) is 24.0 Å². The number of benzene rings is 2. The van der Waals surface area contributed by atoms with Crippen LogP contribution in [0.5, 0.6) is 0 Å². The van der Waals surface area contributed by atoms with Gasteiger partial charge < -0.3 is 14.5 Å². The highest BCUT2D eigenvalue weighted by Gasteiger charge is 2.45. The molecule has 0 radical (unpaired) electrons. The zero-order chi connectivity index (χ0) is 38.1. The van der Waals surface area contributed by atoms with Gasteiger partial charge in [0.2, 0.25) is 17.7 Å². The molecule has 1 unspecified atom stereocenters. The first kappa shape index (κ1) is 35.0. The molecule has 5 amide bonds. The molecule has 0 aliphatic carbocycles. The van der Waals surface area contributed by atoms with E-state index in [0.717, 1.165) is 41.0 Å². The second kappa shape index (κ2) is 13.5. The van der Waals surface area contributed by atoms with Gasteiger partial charge in [0.05, 0.1) is 35.6 Å². The Labute approximate surface area is 314 Å². The van der Waals surface area contributed by atoms with Gasteiger partial charge in [0, 0.05) is 80.3 Å². The summed E-state index contributed by atoms with van der Waals surface area (Å²) in [4.78, 5) is 68.0. The molecule has 1 atom stereocenters. The number of alkyl halides is 2. The van der Waals surface area contributed by atoms with Crippen molar-refractivity contribution in [2.75, 3.05) is 31.2 Å². The molecule has 4 aromatic rings. The van der Waals surface area contributed by atoms with Crippen LogP contribution in [0, 0.1) is 0 Å². The van der Waals surface area contributed by atoms with Crippen LogP contribution in [0.3, 0.4) is 0 Å². The summed E-state index contributed by atoms with van der Waals surface area (Å²) in [6.07, 6.45) is 4.10. The van der Waals surface area contributed by atoms with E-state index >= 15 is 8.78 Å². The zero-order valence-corrected chi connectivity index (χ0v) is 30.1. The Kier molecular flexibility index (Phi) is 8.59. The number of ether oxygens (including phenoxy) is 1. The molecule has 0 bridgehead atoms. The Balaban J connectivity index is 1.05. The predicted molar refractivity (Wildman–Crippen MR) is 192 cm³/mol. The second-order valence-electron chi connectivity index (χ2n) is 14.7. The van der Waals surface area contributed by atoms with Gasteiger partial charge in [-0.3, -0.25) is 38.9 Å². The number of fused-ring (bicyclic) bond motifs is 3. The Morgan fingerprint density at radius 1 is 0.945 bits per heavy atom. The lowest BCUT2D eigenvalue weighted by Gasteiger charge is -2.33. The van der Waals surface area contributed by atoms with Crippen molar-refractivity contribution < 1.29 is 37.5 Å². The van der Waals surface area contributed by atoms with Crippen molar-refractivity contribution in [1.82, 2.24) is 34.7 Å². The molecular formula is C39H38F2N8O6. The van der Waals surface area contributed by atoms with Gasteiger partial charge in [-0.15, -0.1) is 0 Å². The molecule has 0 saturated carbocycles. The van der Waals surface area contributed by atoms with E-state index in [4.69, 9.17) is 9.84 Å². The highest BCUT2D eigenvalue weighted by atomic mass is 19.3. The van der Waals surface area contributed by atoms with Gasteiger partial charge in [0.15, 0.2) is 5.82 Å². The second-order valence-corrected chi connectivity index (χ2v) is 14.7. The Hall–Kier alpha value is -5.77. The molecule has 1 N–H and O–H groups in total. The number of piperidine rings is 1. The van der Waals surface area contributed by atoms with Crippen LogP contribution in [0.15, 0.2) is 42.7 Å². The van der Waals surface area contributed by atoms with Crippen LogP contribution in [0.1, 0.15) is 94.6 Å². The average molecular weight is 753 g/mol. The minimum Gasteiger partial charge on any atom is -0.381 e. The van der Waals surface area contributed by atoms with Crippen LogP contribution in [-0.4, -0.2) is 91.2 Å². The number of halogens is 2. The van der Waals surface area contributed by atoms with E-state index in [1.54, 1.807) is 36.2 Å². The fourth-order valence-corrected chi connectivity index (χ4v) is 8.65. The Bertz CT molecular complexity index is 2290. The Morgan fingerprint density at radius 3 is 2.51 bits per heavy atom. The van der Waals surface area contributed by atoms with E-state index in [1.165, 1.54) is 23.0 Å². The lowest BCUT2D eigenvalue weighted by Crippen LogP contribution is -2.54. The maximum Gasteiger partial charge on any atom is 0.264 e. The summed E-state index contributed by atoms with van der Waals surface area (Å²) < 4.78 is 39.2. The summed E-state index contributed by atoms with van der Waals surface area (Å²) in [6.45, 7) is 4.44. The van der Waals surface area contributed by atoms with Crippen LogP contribution in [-0.2, 0) is 38.5 Å². The third-order valence-electron chi connectivity index (χ3n) is 11.5. The fraction of sp³-hybridized carbons (Fsp3) is 0.410. The van der Waals surface area contributed by atoms with Crippen molar-refractivity contribution in [3.8, 4) is 16.8 Å². The van der Waals surface area contributed by atoms with Gasteiger partial charge in [-0.2, -0.15) is 10.2 Å². The van der Waals surface area contributed by atoms with Gasteiger partial charge in [0.1, 0.15) is 6.04 Å². The van der Waals surface area contributed by atoms with E-state index in [0.29, 0.717) is 74.0 Å². The number of imide groups is 2. The summed E-state index contributed by atoms with van der Waals surface area (Å²) in [5, 5.41) is 11.8. The average Bonchev–Trinajstić information content (AvgIpc) is 3.89. The number of nitrogens with zero attached hydrogens (tertiary/aromatic N) is 7. The quantitative estimate of drug-likeness (QED) is 0.283. The molecule has 284 valence electrons. The largest absolute Gasteiger partial charge is 0.381 e. The van der Waals surface area contributed by atoms with Gasteiger partial charge in [0.25, 0.3) is 18.2 Å². The SMILES string of the molecule is CC(=O)N1CCc2c(c(N3CCCc4cc(-c5cnn(-c6ccc7c(c6)C(=O)N(C6CCC(=O)NC6=O)C7=O)c5)c(C(F)F)cc43)nn2C2CCOCC2)C1. The standard InChI is InChI=1S/C39H38F2N8O6/c1-21(50)45-12-8-31-30(20-45)36(44-49(31)24-9-13-55-14-10-24)46-11-2-3-22-15-27(28(35(40)41)17-33(22)46)23-18-42-47(19-23)25-4-5-26-29(16-25)39(54)48(38(26)53)32-6-7-34(51)43-37(32)52/h4-5,15-19,24,32,35H,2-3,6-14,20H2,1H3,(H,43,51,52). The van der Waals surface area contributed by atoms with Gasteiger partial charge in [-0.05, 0) is 73.6 Å². The zero-order valence-electron chi connectivity index (χ0n) is 30.1. The molecule has 55 heavy (non-hydrogen) atoms. The summed E-state index contributed by atoms with van der Waals surface area (Å²) >= 11 is 0. The molecule has 5 aliphatic rings. The molecule has 14 nitrogen and oxygen atoms in total. The molecular weight excluding hydrogens is 714 g/mol. The number of aromatic nitrogens is 4. The third kappa shape index (κ3) is 5.90. The van der Waals surface area contributed by atoms with Crippen LogP contribution in [0.25, 0.3) is 16.8 Å². The summed E-state index contributed by atoms with van der Waals surface area (Å²) in [5.41, 5.74) is 4.84. The summed E-state index contributed by atoms with van der Waals surface area (Å²) in [7, 11) is 0. The van der Waals surface area contributed by atoms with Crippen molar-refractivity contribution in [2.24, 2.45) is 0 Å². The smallest absolute Gasteiger partial charge is 0.264 e. The molecule has 9 rings (SSSR count). The number of nitrogens with one attached hydrogen (secondary N) is 1. The van der Waals surface area contributed by atoms with Crippen LogP contribution in [0.2, 0.25) is 0 Å².